The molecule has 0 saturated carbocycles. The summed E-state index contributed by atoms with van der Waals surface area (Å²) in [4.78, 5) is 15.2. The summed E-state index contributed by atoms with van der Waals surface area (Å²) >= 11 is 0. The minimum atomic E-state index is -0.672. The van der Waals surface area contributed by atoms with E-state index in [1.165, 1.54) is 10.6 Å². The zero-order valence-electron chi connectivity index (χ0n) is 21.0. The molecule has 0 aliphatic carbocycles. The minimum Gasteiger partial charge on any atom is -0.485 e. The number of ether oxygens (including phenoxy) is 1. The van der Waals surface area contributed by atoms with Crippen LogP contribution in [0.15, 0.2) is 41.0 Å². The molecule has 1 aromatic carbocycles. The van der Waals surface area contributed by atoms with E-state index in [9.17, 15) is 8.78 Å². The molecule has 38 heavy (non-hydrogen) atoms. The summed E-state index contributed by atoms with van der Waals surface area (Å²) in [6.07, 6.45) is 1.51. The molecule has 6 rings (SSSR count). The van der Waals surface area contributed by atoms with E-state index in [1.807, 2.05) is 29.0 Å². The average Bonchev–Trinajstić information content (AvgIpc) is 3.56. The van der Waals surface area contributed by atoms with Gasteiger partial charge in [0.05, 0.1) is 12.0 Å². The van der Waals surface area contributed by atoms with E-state index in [1.54, 1.807) is 12.3 Å². The second-order valence-corrected chi connectivity index (χ2v) is 9.54. The summed E-state index contributed by atoms with van der Waals surface area (Å²) < 4.78 is 41.4. The Balaban J connectivity index is 1.06. The molecule has 2 fully saturated rings. The number of fused-ring (bicyclic) bond motifs is 1. The Morgan fingerprint density at radius 1 is 1.13 bits per heavy atom. The van der Waals surface area contributed by atoms with Crippen LogP contribution < -0.4 is 25.6 Å². The number of anilines is 3. The van der Waals surface area contributed by atoms with Crippen molar-refractivity contribution >= 4 is 23.2 Å². The summed E-state index contributed by atoms with van der Waals surface area (Å²) in [7, 11) is 1.92. The van der Waals surface area contributed by atoms with Gasteiger partial charge in [0.25, 0.3) is 0 Å². The van der Waals surface area contributed by atoms with Gasteiger partial charge in [0, 0.05) is 77.6 Å². The van der Waals surface area contributed by atoms with Crippen molar-refractivity contribution in [1.82, 2.24) is 29.8 Å². The molecule has 0 atom stereocenters. The van der Waals surface area contributed by atoms with Crippen LogP contribution in [-0.2, 0) is 0 Å². The molecule has 11 nitrogen and oxygen atoms in total. The molecule has 0 amide bonds. The number of halogens is 2. The third-order valence-corrected chi connectivity index (χ3v) is 6.96. The zero-order chi connectivity index (χ0) is 26.2. The molecule has 0 bridgehead atoms. The molecule has 5 heterocycles. The van der Waals surface area contributed by atoms with E-state index in [4.69, 9.17) is 14.9 Å². The highest BCUT2D eigenvalue weighted by molar-refractivity contribution is 5.61. The number of hydrogen-bond donors (Lipinski definition) is 2. The fourth-order valence-electron chi connectivity index (χ4n) is 4.59. The molecule has 3 N–H and O–H groups in total. The molecule has 2 aliphatic rings. The van der Waals surface area contributed by atoms with Crippen LogP contribution in [0.1, 0.15) is 0 Å². The van der Waals surface area contributed by atoms with E-state index in [0.29, 0.717) is 61.5 Å². The van der Waals surface area contributed by atoms with E-state index in [0.717, 1.165) is 25.7 Å². The number of aromatic nitrogens is 4. The number of nitrogens with zero attached hydrogens (tertiary/aromatic N) is 7. The van der Waals surface area contributed by atoms with Gasteiger partial charge in [-0.25, -0.2) is 8.78 Å². The lowest BCUT2D eigenvalue weighted by atomic mass is 10.2. The van der Waals surface area contributed by atoms with Gasteiger partial charge >= 0.3 is 0 Å². The molecule has 4 aromatic rings. The number of furan rings is 1. The second-order valence-electron chi connectivity index (χ2n) is 9.54. The first-order chi connectivity index (χ1) is 18.4. The van der Waals surface area contributed by atoms with Crippen molar-refractivity contribution in [2.75, 3.05) is 74.9 Å². The smallest absolute Gasteiger partial charge is 0.230 e. The molecule has 13 heteroatoms. The van der Waals surface area contributed by atoms with Crippen LogP contribution in [0, 0.1) is 11.6 Å². The monoisotopic (exact) mass is 525 g/mol. The number of piperazine rings is 1. The summed E-state index contributed by atoms with van der Waals surface area (Å²) in [6.45, 7) is 5.50. The first-order valence-electron chi connectivity index (χ1n) is 12.6. The number of hydrogen-bond acceptors (Lipinski definition) is 10. The first kappa shape index (κ1) is 24.4. The van der Waals surface area contributed by atoms with Gasteiger partial charge in [-0.2, -0.15) is 19.6 Å². The van der Waals surface area contributed by atoms with E-state index < -0.39 is 11.6 Å². The summed E-state index contributed by atoms with van der Waals surface area (Å²) in [5.74, 6) is 0.221. The zero-order valence-corrected chi connectivity index (χ0v) is 21.0. The van der Waals surface area contributed by atoms with Gasteiger partial charge in [-0.05, 0) is 12.1 Å². The van der Waals surface area contributed by atoms with Crippen molar-refractivity contribution in [3.63, 3.8) is 0 Å². The van der Waals surface area contributed by atoms with Gasteiger partial charge in [-0.1, -0.05) is 0 Å². The molecule has 200 valence electrons. The Morgan fingerprint density at radius 2 is 1.95 bits per heavy atom. The number of rotatable bonds is 8. The number of benzene rings is 1. The lowest BCUT2D eigenvalue weighted by molar-refractivity contribution is 0.136. The van der Waals surface area contributed by atoms with E-state index in [-0.39, 0.29) is 17.8 Å². The molecular weight excluding hydrogens is 496 g/mol. The molecule has 2 aliphatic heterocycles. The van der Waals surface area contributed by atoms with Crippen LogP contribution >= 0.6 is 0 Å². The van der Waals surface area contributed by atoms with Gasteiger partial charge in [-0.15, -0.1) is 0 Å². The highest BCUT2D eigenvalue weighted by atomic mass is 19.1. The van der Waals surface area contributed by atoms with Gasteiger partial charge in [0.2, 0.25) is 11.9 Å². The third kappa shape index (κ3) is 4.82. The van der Waals surface area contributed by atoms with Gasteiger partial charge in [-0.3, -0.25) is 4.90 Å². The molecule has 0 radical (unpaired) electrons. The van der Waals surface area contributed by atoms with Crippen molar-refractivity contribution in [1.29, 1.82) is 0 Å². The summed E-state index contributed by atoms with van der Waals surface area (Å²) in [5.41, 5.74) is 7.73. The van der Waals surface area contributed by atoms with Gasteiger partial charge in [0.15, 0.2) is 23.0 Å². The molecule has 0 unspecified atom stereocenters. The predicted molar refractivity (Wildman–Crippen MR) is 138 cm³/mol. The van der Waals surface area contributed by atoms with Crippen LogP contribution in [-0.4, -0.2) is 90.0 Å². The van der Waals surface area contributed by atoms with Crippen molar-refractivity contribution in [3.8, 4) is 17.2 Å². The summed E-state index contributed by atoms with van der Waals surface area (Å²) in [6, 6.07) is 7.82. The fourth-order valence-corrected chi connectivity index (χ4v) is 4.59. The van der Waals surface area contributed by atoms with Crippen LogP contribution in [0.4, 0.5) is 26.4 Å². The van der Waals surface area contributed by atoms with Crippen LogP contribution in [0.3, 0.4) is 0 Å². The van der Waals surface area contributed by atoms with Crippen molar-refractivity contribution in [2.24, 2.45) is 0 Å². The Bertz CT molecular complexity index is 1420. The third-order valence-electron chi connectivity index (χ3n) is 6.96. The molecule has 3 aromatic heterocycles. The van der Waals surface area contributed by atoms with Crippen molar-refractivity contribution in [2.45, 2.75) is 6.10 Å². The summed E-state index contributed by atoms with van der Waals surface area (Å²) in [5, 5.41) is 7.51. The van der Waals surface area contributed by atoms with Crippen LogP contribution in [0.25, 0.3) is 17.1 Å². The molecule has 0 spiro atoms. The average molecular weight is 526 g/mol. The maximum atomic E-state index is 14.6. The molecular formula is C25H29F2N9O2. The maximum absolute atomic E-state index is 14.6. The Hall–Kier alpha value is -3.97. The predicted octanol–water partition coefficient (Wildman–Crippen LogP) is 1.85. The number of nitrogens with two attached hydrogens (primary N) is 1. The highest BCUT2D eigenvalue weighted by Crippen LogP contribution is 2.30. The lowest BCUT2D eigenvalue weighted by Gasteiger charge is -2.37. The number of nitrogen functional groups attached to an aromatic ring is 1. The normalized spacial score (nSPS) is 16.7. The minimum absolute atomic E-state index is 0.0799. The van der Waals surface area contributed by atoms with Crippen molar-refractivity contribution < 1.29 is 17.9 Å². The Kier molecular flexibility index (Phi) is 6.45. The first-order valence-corrected chi connectivity index (χ1v) is 12.6. The van der Waals surface area contributed by atoms with E-state index in [2.05, 4.69) is 25.3 Å². The van der Waals surface area contributed by atoms with Gasteiger partial charge in [0.1, 0.15) is 17.6 Å². The Labute approximate surface area is 217 Å². The van der Waals surface area contributed by atoms with E-state index >= 15 is 0 Å². The fraction of sp³-hybridized carbons (Fsp3) is 0.400. The lowest BCUT2D eigenvalue weighted by Crippen LogP contribution is -2.50. The van der Waals surface area contributed by atoms with Gasteiger partial charge < -0.3 is 30.0 Å². The molecule has 2 saturated heterocycles. The SMILES string of the molecule is CN(CCN1CCN(c2cc(OC3CNC3)c(F)cc2F)CC1)c1nc(N)n2nc(-c3ccco3)cc2n1. The van der Waals surface area contributed by atoms with Crippen LogP contribution in [0.5, 0.6) is 5.75 Å². The number of nitrogens with one attached hydrogen (secondary N) is 1. The quantitative estimate of drug-likeness (QED) is 0.353. The second kappa shape index (κ2) is 10.1. The van der Waals surface area contributed by atoms with Crippen LogP contribution in [0.2, 0.25) is 0 Å². The number of likely N-dealkylation sites (N-methyl/N-ethyl adjacent to an activating group) is 1. The van der Waals surface area contributed by atoms with Crippen molar-refractivity contribution in [3.05, 3.63) is 48.2 Å². The maximum Gasteiger partial charge on any atom is 0.230 e. The standard InChI is InChI=1S/C25H29F2N9O2/c1-33(25-30-23-12-19(21-3-2-10-37-21)32-36(23)24(28)31-25)4-5-34-6-8-35(9-7-34)20-13-22(18(27)11-17(20)26)38-16-14-29-15-16/h2-3,10-13,16,29H,4-9,14-15H2,1H3,(H2,28,30,31). The Morgan fingerprint density at radius 3 is 2.66 bits per heavy atom. The largest absolute Gasteiger partial charge is 0.485 e. The topological polar surface area (TPSA) is 113 Å². The highest BCUT2D eigenvalue weighted by Gasteiger charge is 2.25.